The van der Waals surface area contributed by atoms with Gasteiger partial charge in [0.05, 0.1) is 0 Å². The van der Waals surface area contributed by atoms with Crippen molar-refractivity contribution in [1.82, 2.24) is 0 Å². The van der Waals surface area contributed by atoms with Gasteiger partial charge >= 0.3 is 8.60 Å². The van der Waals surface area contributed by atoms with E-state index in [1.807, 2.05) is 6.92 Å². The van der Waals surface area contributed by atoms with Crippen molar-refractivity contribution >= 4 is 20.2 Å². The Labute approximate surface area is 73.6 Å². The fraction of sp³-hybridized carbons (Fsp3) is 0.667. The van der Waals surface area contributed by atoms with Crippen molar-refractivity contribution < 1.29 is 14.3 Å². The topological polar surface area (TPSA) is 49.7 Å². The van der Waals surface area contributed by atoms with Gasteiger partial charge in [0.15, 0.2) is 0 Å². The highest BCUT2D eigenvalue weighted by Gasteiger charge is 2.06. The first kappa shape index (κ1) is 13.9. The monoisotopic (exact) mass is 200 g/mol. The van der Waals surface area contributed by atoms with Crippen molar-refractivity contribution in [3.63, 3.8) is 0 Å². The Morgan fingerprint density at radius 3 is 2.18 bits per heavy atom. The van der Waals surface area contributed by atoms with Crippen LogP contribution in [0.2, 0.25) is 0 Å². The second-order valence-corrected chi connectivity index (χ2v) is 2.79. The van der Waals surface area contributed by atoms with E-state index in [-0.39, 0.29) is 0 Å². The smallest absolute Gasteiger partial charge is 0.328 e. The van der Waals surface area contributed by atoms with Crippen molar-refractivity contribution in [2.45, 2.75) is 25.8 Å². The molecule has 0 aliphatic heterocycles. The number of hydrogen-bond donors (Lipinski definition) is 2. The average molecular weight is 201 g/mol. The third-order valence-corrected chi connectivity index (χ3v) is 1.49. The molecule has 3 nitrogen and oxygen atoms in total. The maximum absolute atomic E-state index is 8.17. The summed E-state index contributed by atoms with van der Waals surface area (Å²) in [4.78, 5) is 16.3. The van der Waals surface area contributed by atoms with Gasteiger partial charge in [0.25, 0.3) is 0 Å². The molecule has 0 bridgehead atoms. The van der Waals surface area contributed by atoms with Crippen LogP contribution < -0.4 is 0 Å². The Kier molecular flexibility index (Phi) is 13.1. The fourth-order valence-corrected chi connectivity index (χ4v) is 0.744. The predicted octanol–water partition coefficient (Wildman–Crippen LogP) is 2.38. The van der Waals surface area contributed by atoms with Gasteiger partial charge in [0.2, 0.25) is 0 Å². The maximum Gasteiger partial charge on any atom is 0.328 e. The van der Waals surface area contributed by atoms with Gasteiger partial charge in [-0.1, -0.05) is 24.6 Å². The summed E-state index contributed by atoms with van der Waals surface area (Å²) < 4.78 is 4.34. The minimum absolute atomic E-state index is 0.571. The third kappa shape index (κ3) is 17.9. The van der Waals surface area contributed by atoms with E-state index in [9.17, 15) is 0 Å². The Morgan fingerprint density at radius 1 is 1.73 bits per heavy atom. The summed E-state index contributed by atoms with van der Waals surface area (Å²) in [6.45, 7) is 7.04. The van der Waals surface area contributed by atoms with Gasteiger partial charge in [-0.15, -0.1) is 6.58 Å². The molecule has 2 N–H and O–H groups in total. The molecule has 0 spiro atoms. The van der Waals surface area contributed by atoms with E-state index < -0.39 is 14.2 Å². The van der Waals surface area contributed by atoms with Gasteiger partial charge in [-0.3, -0.25) is 4.52 Å². The van der Waals surface area contributed by atoms with Crippen LogP contribution in [-0.4, -0.2) is 15.3 Å². The summed E-state index contributed by atoms with van der Waals surface area (Å²) in [7, 11) is -2.28. The van der Waals surface area contributed by atoms with Crippen molar-refractivity contribution in [3.8, 4) is 0 Å². The van der Waals surface area contributed by atoms with Gasteiger partial charge in [0.1, 0.15) is 5.56 Å². The van der Waals surface area contributed by atoms with Gasteiger partial charge in [-0.05, 0) is 13.3 Å². The first-order valence-electron chi connectivity index (χ1n) is 3.14. The molecule has 68 valence electrons. The van der Waals surface area contributed by atoms with Crippen LogP contribution in [0.3, 0.4) is 0 Å². The SMILES string of the molecule is C=CC.CCC(Cl)OP(O)O. The summed E-state index contributed by atoms with van der Waals surface area (Å²) in [5.41, 5.74) is -0.573. The normalized spacial score (nSPS) is 11.8. The average Bonchev–Trinajstić information content (AvgIpc) is 1.88. The van der Waals surface area contributed by atoms with E-state index in [0.717, 1.165) is 0 Å². The molecule has 0 aliphatic rings. The summed E-state index contributed by atoms with van der Waals surface area (Å²) in [5, 5.41) is 0. The zero-order valence-corrected chi connectivity index (χ0v) is 8.35. The molecular formula is C6H14ClO3P. The lowest BCUT2D eigenvalue weighted by Gasteiger charge is -2.06. The van der Waals surface area contributed by atoms with Crippen LogP contribution in [0.4, 0.5) is 0 Å². The molecule has 5 heteroatoms. The fourth-order valence-electron chi connectivity index (χ4n) is 0.177. The Balaban J connectivity index is 0. The number of rotatable bonds is 3. The molecular weight excluding hydrogens is 186 g/mol. The molecule has 0 aromatic heterocycles. The minimum Gasteiger partial charge on any atom is -0.328 e. The van der Waals surface area contributed by atoms with Crippen LogP contribution in [0.25, 0.3) is 0 Å². The van der Waals surface area contributed by atoms with E-state index in [4.69, 9.17) is 21.4 Å². The van der Waals surface area contributed by atoms with E-state index in [1.165, 1.54) is 0 Å². The molecule has 0 fully saturated rings. The van der Waals surface area contributed by atoms with Gasteiger partial charge in [-0.2, -0.15) is 0 Å². The lowest BCUT2D eigenvalue weighted by molar-refractivity contribution is 0.227. The largest absolute Gasteiger partial charge is 0.328 e. The third-order valence-electron chi connectivity index (χ3n) is 0.530. The summed E-state index contributed by atoms with van der Waals surface area (Å²) in [6, 6.07) is 0. The summed E-state index contributed by atoms with van der Waals surface area (Å²) in [5.74, 6) is 0. The predicted molar refractivity (Wildman–Crippen MR) is 48.2 cm³/mol. The highest BCUT2D eigenvalue weighted by atomic mass is 35.5. The van der Waals surface area contributed by atoms with E-state index >= 15 is 0 Å². The van der Waals surface area contributed by atoms with Gasteiger partial charge in [-0.25, -0.2) is 0 Å². The number of allylic oxidation sites excluding steroid dienone is 1. The quantitative estimate of drug-likeness (QED) is 0.418. The molecule has 0 aromatic carbocycles. The second kappa shape index (κ2) is 10.3. The van der Waals surface area contributed by atoms with Gasteiger partial charge < -0.3 is 9.79 Å². The maximum atomic E-state index is 8.17. The summed E-state index contributed by atoms with van der Waals surface area (Å²) >= 11 is 5.33. The molecule has 0 aromatic rings. The molecule has 0 aliphatic carbocycles. The Morgan fingerprint density at radius 2 is 2.09 bits per heavy atom. The second-order valence-electron chi connectivity index (χ2n) is 1.58. The van der Waals surface area contributed by atoms with Gasteiger partial charge in [0, 0.05) is 0 Å². The zero-order chi connectivity index (χ0) is 9.28. The van der Waals surface area contributed by atoms with E-state index in [1.54, 1.807) is 13.0 Å². The van der Waals surface area contributed by atoms with Crippen LogP contribution in [0, 0.1) is 0 Å². The number of alkyl halides is 1. The van der Waals surface area contributed by atoms with Crippen LogP contribution in [0.15, 0.2) is 12.7 Å². The lowest BCUT2D eigenvalue weighted by Crippen LogP contribution is -1.97. The molecule has 1 atom stereocenters. The lowest BCUT2D eigenvalue weighted by atomic mass is 10.5. The molecule has 0 saturated carbocycles. The molecule has 0 radical (unpaired) electrons. The van der Waals surface area contributed by atoms with Crippen LogP contribution in [-0.2, 0) is 4.52 Å². The molecule has 0 saturated heterocycles. The molecule has 11 heavy (non-hydrogen) atoms. The minimum atomic E-state index is -2.28. The molecule has 0 amide bonds. The number of hydrogen-bond acceptors (Lipinski definition) is 3. The van der Waals surface area contributed by atoms with Crippen LogP contribution in [0.5, 0.6) is 0 Å². The first-order valence-corrected chi connectivity index (χ1v) is 4.74. The zero-order valence-electron chi connectivity index (χ0n) is 6.70. The Bertz CT molecular complexity index is 89.9. The van der Waals surface area contributed by atoms with E-state index in [0.29, 0.717) is 6.42 Å². The summed E-state index contributed by atoms with van der Waals surface area (Å²) in [6.07, 6.45) is 2.32. The number of halogens is 1. The molecule has 0 rings (SSSR count). The van der Waals surface area contributed by atoms with Crippen molar-refractivity contribution in [1.29, 1.82) is 0 Å². The van der Waals surface area contributed by atoms with Crippen molar-refractivity contribution in [3.05, 3.63) is 12.7 Å². The van der Waals surface area contributed by atoms with E-state index in [2.05, 4.69) is 11.1 Å². The highest BCUT2D eigenvalue weighted by Crippen LogP contribution is 2.29. The van der Waals surface area contributed by atoms with Crippen molar-refractivity contribution in [2.75, 3.05) is 0 Å². The van der Waals surface area contributed by atoms with Crippen molar-refractivity contribution in [2.24, 2.45) is 0 Å². The highest BCUT2D eigenvalue weighted by molar-refractivity contribution is 7.39. The first-order chi connectivity index (χ1) is 5.08. The standard InChI is InChI=1S/C3H8ClO3P.C3H6/c1-2-3(4)7-8(5)6;1-3-2/h3,5-6H,2H2,1H3;3H,1H2,2H3. The van der Waals surface area contributed by atoms with Crippen LogP contribution in [0.1, 0.15) is 20.3 Å². The van der Waals surface area contributed by atoms with Crippen LogP contribution >= 0.6 is 20.2 Å². The Hall–Kier alpha value is 0.340. The molecule has 0 heterocycles. The molecule has 1 unspecified atom stereocenters.